The maximum absolute atomic E-state index is 12.3. The summed E-state index contributed by atoms with van der Waals surface area (Å²) in [5.41, 5.74) is 2.47. The zero-order chi connectivity index (χ0) is 16.5. The Hall–Kier alpha value is -2.56. The normalized spacial score (nSPS) is 15.0. The average molecular weight is 322 g/mol. The molecule has 1 aromatic carbocycles. The van der Waals surface area contributed by atoms with Crippen molar-refractivity contribution in [2.75, 3.05) is 13.1 Å². The number of carbonyl (C=O) groups is 1. The minimum absolute atomic E-state index is 0.267. The predicted octanol–water partition coefficient (Wildman–Crippen LogP) is 3.08. The van der Waals surface area contributed by atoms with Gasteiger partial charge in [0.1, 0.15) is 5.82 Å². The van der Waals surface area contributed by atoms with Crippen LogP contribution in [0.2, 0.25) is 0 Å². The smallest absolute Gasteiger partial charge is 0.222 e. The highest BCUT2D eigenvalue weighted by Crippen LogP contribution is 2.24. The van der Waals surface area contributed by atoms with Crippen LogP contribution < -0.4 is 0 Å². The van der Waals surface area contributed by atoms with Gasteiger partial charge in [0.25, 0.3) is 0 Å². The first-order valence-electron chi connectivity index (χ1n) is 8.54. The lowest BCUT2D eigenvalue weighted by Crippen LogP contribution is -2.50. The van der Waals surface area contributed by atoms with Crippen molar-refractivity contribution in [3.05, 3.63) is 54.2 Å². The van der Waals surface area contributed by atoms with Gasteiger partial charge < -0.3 is 14.5 Å². The quantitative estimate of drug-likeness (QED) is 0.785. The lowest BCUT2D eigenvalue weighted by Gasteiger charge is -2.40. The summed E-state index contributed by atoms with van der Waals surface area (Å²) >= 11 is 0. The van der Waals surface area contributed by atoms with E-state index in [2.05, 4.69) is 38.9 Å². The molecule has 1 amide bonds. The molecule has 1 aliphatic rings. The molecule has 24 heavy (non-hydrogen) atoms. The highest BCUT2D eigenvalue weighted by molar-refractivity contribution is 5.83. The van der Waals surface area contributed by atoms with E-state index in [1.165, 1.54) is 16.5 Å². The lowest BCUT2D eigenvalue weighted by molar-refractivity contribution is -0.137. The van der Waals surface area contributed by atoms with Gasteiger partial charge in [-0.05, 0) is 31.4 Å². The predicted molar refractivity (Wildman–Crippen MR) is 93.8 cm³/mol. The maximum Gasteiger partial charge on any atom is 0.222 e. The van der Waals surface area contributed by atoms with E-state index in [9.17, 15) is 4.79 Å². The van der Waals surface area contributed by atoms with Crippen LogP contribution in [0.5, 0.6) is 0 Å². The molecule has 1 aliphatic heterocycles. The summed E-state index contributed by atoms with van der Waals surface area (Å²) in [7, 11) is 0. The molecule has 2 aromatic heterocycles. The second-order valence-electron chi connectivity index (χ2n) is 6.55. The van der Waals surface area contributed by atoms with Gasteiger partial charge in [0.2, 0.25) is 5.91 Å². The molecule has 0 bridgehead atoms. The Morgan fingerprint density at radius 1 is 1.33 bits per heavy atom. The van der Waals surface area contributed by atoms with Crippen molar-refractivity contribution in [2.45, 2.75) is 32.2 Å². The highest BCUT2D eigenvalue weighted by atomic mass is 16.2. The summed E-state index contributed by atoms with van der Waals surface area (Å²) in [5, 5.41) is 1.27. The molecule has 0 radical (unpaired) electrons. The number of fused-ring (bicyclic) bond motifs is 1. The van der Waals surface area contributed by atoms with Crippen molar-refractivity contribution in [3.8, 4) is 0 Å². The molecule has 0 saturated carbocycles. The average Bonchev–Trinajstić information content (AvgIpc) is 3.13. The van der Waals surface area contributed by atoms with Crippen LogP contribution in [-0.2, 0) is 11.2 Å². The molecule has 5 heteroatoms. The van der Waals surface area contributed by atoms with Crippen molar-refractivity contribution in [1.82, 2.24) is 19.4 Å². The Kier molecular flexibility index (Phi) is 3.84. The number of rotatable bonds is 5. The van der Waals surface area contributed by atoms with Crippen molar-refractivity contribution >= 4 is 16.8 Å². The lowest BCUT2D eigenvalue weighted by atomic mass is 10.0. The molecule has 3 aromatic rings. The van der Waals surface area contributed by atoms with Crippen LogP contribution in [0.3, 0.4) is 0 Å². The fourth-order valence-corrected chi connectivity index (χ4v) is 3.54. The topological polar surface area (TPSA) is 53.9 Å². The molecule has 0 atom stereocenters. The number of hydrogen-bond acceptors (Lipinski definition) is 2. The van der Waals surface area contributed by atoms with E-state index in [0.29, 0.717) is 12.5 Å². The monoisotopic (exact) mass is 322 g/mol. The number of aryl methyl sites for hydroxylation is 2. The second-order valence-corrected chi connectivity index (χ2v) is 6.55. The number of likely N-dealkylation sites (tertiary alicyclic amines) is 1. The molecular formula is C19H22N4O. The zero-order valence-corrected chi connectivity index (χ0v) is 13.9. The number of carbonyl (C=O) groups excluding carboxylic acids is 1. The minimum Gasteiger partial charge on any atom is -0.361 e. The van der Waals surface area contributed by atoms with Crippen molar-refractivity contribution in [2.24, 2.45) is 0 Å². The summed E-state index contributed by atoms with van der Waals surface area (Å²) in [6.45, 7) is 3.62. The Morgan fingerprint density at radius 2 is 2.17 bits per heavy atom. The number of aromatic amines is 1. The molecule has 1 fully saturated rings. The third-order valence-electron chi connectivity index (χ3n) is 4.98. The number of benzene rings is 1. The summed E-state index contributed by atoms with van der Waals surface area (Å²) in [6, 6.07) is 8.71. The number of nitrogens with one attached hydrogen (secondary N) is 1. The van der Waals surface area contributed by atoms with E-state index in [4.69, 9.17) is 0 Å². The number of H-pyrrole nitrogens is 1. The molecule has 0 spiro atoms. The van der Waals surface area contributed by atoms with Gasteiger partial charge in [-0.25, -0.2) is 4.98 Å². The van der Waals surface area contributed by atoms with E-state index in [0.717, 1.165) is 31.8 Å². The standard InChI is InChI=1S/C19H22N4O/c1-14-20-9-10-23(14)16-12-22(13-16)19(24)8-4-5-15-11-21-18-7-3-2-6-17(15)18/h2-3,6-7,9-11,16,21H,4-5,8,12-13H2,1H3. The Bertz CT molecular complexity index is 857. The summed E-state index contributed by atoms with van der Waals surface area (Å²) in [6.07, 6.45) is 8.34. The van der Waals surface area contributed by atoms with Gasteiger partial charge >= 0.3 is 0 Å². The Balaban J connectivity index is 1.27. The fraction of sp³-hybridized carbons (Fsp3) is 0.368. The zero-order valence-electron chi connectivity index (χ0n) is 13.9. The largest absolute Gasteiger partial charge is 0.361 e. The van der Waals surface area contributed by atoms with Gasteiger partial charge in [-0.1, -0.05) is 18.2 Å². The van der Waals surface area contributed by atoms with E-state index in [1.54, 1.807) is 0 Å². The van der Waals surface area contributed by atoms with Crippen LogP contribution in [-0.4, -0.2) is 38.4 Å². The Labute approximate surface area is 141 Å². The van der Waals surface area contributed by atoms with E-state index >= 15 is 0 Å². The second kappa shape index (κ2) is 6.15. The third-order valence-corrected chi connectivity index (χ3v) is 4.98. The molecule has 124 valence electrons. The highest BCUT2D eigenvalue weighted by Gasteiger charge is 2.31. The first kappa shape index (κ1) is 15.0. The molecule has 4 rings (SSSR count). The van der Waals surface area contributed by atoms with Crippen molar-refractivity contribution < 1.29 is 4.79 Å². The van der Waals surface area contributed by atoms with Crippen LogP contribution in [0.25, 0.3) is 10.9 Å². The van der Waals surface area contributed by atoms with Crippen LogP contribution in [0.15, 0.2) is 42.9 Å². The summed E-state index contributed by atoms with van der Waals surface area (Å²) in [5.74, 6) is 1.29. The number of aromatic nitrogens is 3. The molecular weight excluding hydrogens is 300 g/mol. The first-order chi connectivity index (χ1) is 11.7. The minimum atomic E-state index is 0.267. The van der Waals surface area contributed by atoms with Gasteiger partial charge in [0.05, 0.1) is 6.04 Å². The molecule has 5 nitrogen and oxygen atoms in total. The van der Waals surface area contributed by atoms with Gasteiger partial charge in [-0.15, -0.1) is 0 Å². The molecule has 1 saturated heterocycles. The van der Waals surface area contributed by atoms with Gasteiger partial charge in [-0.2, -0.15) is 0 Å². The number of imidazole rings is 1. The Morgan fingerprint density at radius 3 is 2.96 bits per heavy atom. The number of amides is 1. The number of hydrogen-bond donors (Lipinski definition) is 1. The van der Waals surface area contributed by atoms with Gasteiger partial charge in [0, 0.05) is 49.0 Å². The molecule has 3 heterocycles. The van der Waals surface area contributed by atoms with Gasteiger partial charge in [0.15, 0.2) is 0 Å². The van der Waals surface area contributed by atoms with E-state index in [-0.39, 0.29) is 5.91 Å². The van der Waals surface area contributed by atoms with Crippen molar-refractivity contribution in [3.63, 3.8) is 0 Å². The van der Waals surface area contributed by atoms with E-state index in [1.807, 2.05) is 30.3 Å². The molecule has 0 unspecified atom stereocenters. The number of nitrogens with zero attached hydrogens (tertiary/aromatic N) is 3. The van der Waals surface area contributed by atoms with Crippen LogP contribution >= 0.6 is 0 Å². The van der Waals surface area contributed by atoms with E-state index < -0.39 is 0 Å². The summed E-state index contributed by atoms with van der Waals surface area (Å²) < 4.78 is 2.16. The van der Waals surface area contributed by atoms with Crippen LogP contribution in [0.4, 0.5) is 0 Å². The molecule has 1 N–H and O–H groups in total. The SMILES string of the molecule is Cc1nccn1C1CN(C(=O)CCCc2c[nH]c3ccccc23)C1. The maximum atomic E-state index is 12.3. The van der Waals surface area contributed by atoms with Crippen LogP contribution in [0, 0.1) is 6.92 Å². The van der Waals surface area contributed by atoms with Gasteiger partial charge in [-0.3, -0.25) is 4.79 Å². The first-order valence-corrected chi connectivity index (χ1v) is 8.54. The van der Waals surface area contributed by atoms with Crippen molar-refractivity contribution in [1.29, 1.82) is 0 Å². The third kappa shape index (κ3) is 2.70. The fourth-order valence-electron chi connectivity index (χ4n) is 3.54. The summed E-state index contributed by atoms with van der Waals surface area (Å²) in [4.78, 5) is 21.8. The molecule has 0 aliphatic carbocycles. The van der Waals surface area contributed by atoms with Crippen LogP contribution in [0.1, 0.15) is 30.3 Å². The number of para-hydroxylation sites is 1.